The fraction of sp³-hybridized carbons (Fsp3) is 0.154. The number of ether oxygens (including phenoxy) is 3. The molecule has 2 amide bonds. The van der Waals surface area contributed by atoms with Crippen molar-refractivity contribution in [2.24, 2.45) is 5.10 Å². The van der Waals surface area contributed by atoms with Crippen molar-refractivity contribution in [2.75, 3.05) is 19.0 Å². The number of nitro benzene ring substituents is 1. The average molecular weight is 520 g/mol. The zero-order valence-corrected chi connectivity index (χ0v) is 20.7. The SMILES string of the molecule is CCOc1ccc(NC(=O)C(=O)N/N=C(\C)c2ccc(OC(=O)c3ccc([N+](=O)[O-])cc3)c(OC)c2)cc1. The van der Waals surface area contributed by atoms with Crippen LogP contribution in [0.2, 0.25) is 0 Å². The Morgan fingerprint density at radius 2 is 1.58 bits per heavy atom. The highest BCUT2D eigenvalue weighted by molar-refractivity contribution is 6.39. The minimum Gasteiger partial charge on any atom is -0.494 e. The molecule has 0 unspecified atom stereocenters. The molecule has 0 heterocycles. The van der Waals surface area contributed by atoms with E-state index >= 15 is 0 Å². The van der Waals surface area contributed by atoms with Gasteiger partial charge < -0.3 is 19.5 Å². The van der Waals surface area contributed by atoms with Gasteiger partial charge in [-0.1, -0.05) is 0 Å². The molecule has 38 heavy (non-hydrogen) atoms. The number of benzene rings is 3. The third-order valence-corrected chi connectivity index (χ3v) is 5.05. The summed E-state index contributed by atoms with van der Waals surface area (Å²) >= 11 is 0. The standard InChI is InChI=1S/C26H24N4O8/c1-4-37-21-12-8-19(9-13-21)27-24(31)25(32)29-28-16(2)18-7-14-22(23(15-18)36-3)38-26(33)17-5-10-20(11-6-17)30(34)35/h5-15H,4H2,1-3H3,(H,27,31)(H,29,32)/b28-16+. The lowest BCUT2D eigenvalue weighted by atomic mass is 10.1. The van der Waals surface area contributed by atoms with E-state index in [1.54, 1.807) is 37.3 Å². The minimum atomic E-state index is -0.973. The third kappa shape index (κ3) is 7.13. The van der Waals surface area contributed by atoms with E-state index in [1.165, 1.54) is 43.5 Å². The van der Waals surface area contributed by atoms with Gasteiger partial charge in [0.05, 0.1) is 29.9 Å². The lowest BCUT2D eigenvalue weighted by Gasteiger charge is -2.11. The van der Waals surface area contributed by atoms with E-state index < -0.39 is 22.7 Å². The topological polar surface area (TPSA) is 158 Å². The Kier molecular flexibility index (Phi) is 9.08. The zero-order chi connectivity index (χ0) is 27.7. The van der Waals surface area contributed by atoms with Crippen molar-refractivity contribution in [1.82, 2.24) is 5.43 Å². The van der Waals surface area contributed by atoms with Crippen molar-refractivity contribution < 1.29 is 33.5 Å². The number of carbonyl (C=O) groups is 3. The second kappa shape index (κ2) is 12.6. The third-order valence-electron chi connectivity index (χ3n) is 5.05. The van der Waals surface area contributed by atoms with Gasteiger partial charge in [0.25, 0.3) is 5.69 Å². The molecule has 12 heteroatoms. The summed E-state index contributed by atoms with van der Waals surface area (Å²) in [6, 6.07) is 16.1. The molecule has 0 aliphatic heterocycles. The zero-order valence-electron chi connectivity index (χ0n) is 20.7. The van der Waals surface area contributed by atoms with E-state index in [1.807, 2.05) is 6.92 Å². The van der Waals surface area contributed by atoms with E-state index in [4.69, 9.17) is 14.2 Å². The predicted octanol–water partition coefficient (Wildman–Crippen LogP) is 3.70. The molecule has 0 fully saturated rings. The van der Waals surface area contributed by atoms with Crippen LogP contribution < -0.4 is 25.0 Å². The molecule has 3 aromatic rings. The van der Waals surface area contributed by atoms with Gasteiger partial charge in [-0.25, -0.2) is 10.2 Å². The van der Waals surface area contributed by atoms with Crippen LogP contribution >= 0.6 is 0 Å². The van der Waals surface area contributed by atoms with E-state index in [2.05, 4.69) is 15.8 Å². The normalized spacial score (nSPS) is 10.8. The Morgan fingerprint density at radius 3 is 2.18 bits per heavy atom. The molecule has 0 radical (unpaired) electrons. The molecule has 0 saturated heterocycles. The number of nitrogens with one attached hydrogen (secondary N) is 2. The summed E-state index contributed by atoms with van der Waals surface area (Å²) in [5.74, 6) is -1.67. The number of nitrogens with zero attached hydrogens (tertiary/aromatic N) is 2. The van der Waals surface area contributed by atoms with Crippen LogP contribution in [-0.2, 0) is 9.59 Å². The van der Waals surface area contributed by atoms with Gasteiger partial charge in [0.2, 0.25) is 0 Å². The number of anilines is 1. The minimum absolute atomic E-state index is 0.103. The Bertz CT molecular complexity index is 1370. The lowest BCUT2D eigenvalue weighted by molar-refractivity contribution is -0.384. The number of nitro groups is 1. The molecule has 0 aliphatic rings. The van der Waals surface area contributed by atoms with Crippen LogP contribution in [-0.4, -0.2) is 42.1 Å². The lowest BCUT2D eigenvalue weighted by Crippen LogP contribution is -2.32. The van der Waals surface area contributed by atoms with E-state index in [0.717, 1.165) is 0 Å². The van der Waals surface area contributed by atoms with Crippen molar-refractivity contribution >= 4 is 34.9 Å². The number of hydrogen-bond acceptors (Lipinski definition) is 9. The van der Waals surface area contributed by atoms with Crippen LogP contribution in [0.4, 0.5) is 11.4 Å². The fourth-order valence-corrected chi connectivity index (χ4v) is 3.09. The number of esters is 1. The predicted molar refractivity (Wildman–Crippen MR) is 138 cm³/mol. The van der Waals surface area contributed by atoms with Gasteiger partial charge in [0, 0.05) is 23.4 Å². The van der Waals surface area contributed by atoms with Gasteiger partial charge in [-0.3, -0.25) is 19.7 Å². The Hall–Kier alpha value is -5.26. The smallest absolute Gasteiger partial charge is 0.343 e. The highest BCUT2D eigenvalue weighted by atomic mass is 16.6. The largest absolute Gasteiger partial charge is 0.494 e. The van der Waals surface area contributed by atoms with Gasteiger partial charge in [-0.15, -0.1) is 0 Å². The number of non-ortho nitro benzene ring substituents is 1. The van der Waals surface area contributed by atoms with Crippen LogP contribution in [0.3, 0.4) is 0 Å². The molecule has 3 rings (SSSR count). The fourth-order valence-electron chi connectivity index (χ4n) is 3.09. The highest BCUT2D eigenvalue weighted by Gasteiger charge is 2.16. The number of hydrazone groups is 1. The Morgan fingerprint density at radius 1 is 0.921 bits per heavy atom. The van der Waals surface area contributed by atoms with Crippen molar-refractivity contribution in [3.63, 3.8) is 0 Å². The molecule has 0 saturated carbocycles. The summed E-state index contributed by atoms with van der Waals surface area (Å²) in [4.78, 5) is 47.0. The maximum atomic E-state index is 12.4. The number of rotatable bonds is 9. The molecule has 0 aromatic heterocycles. The van der Waals surface area contributed by atoms with Crippen LogP contribution in [0.1, 0.15) is 29.8 Å². The first-order valence-corrected chi connectivity index (χ1v) is 11.2. The molecule has 0 spiro atoms. The van der Waals surface area contributed by atoms with E-state index in [0.29, 0.717) is 29.3 Å². The summed E-state index contributed by atoms with van der Waals surface area (Å²) in [5.41, 5.74) is 3.43. The second-order valence-electron chi connectivity index (χ2n) is 7.61. The van der Waals surface area contributed by atoms with Crippen molar-refractivity contribution in [3.8, 4) is 17.2 Å². The summed E-state index contributed by atoms with van der Waals surface area (Å²) in [7, 11) is 1.38. The number of amides is 2. The quantitative estimate of drug-likeness (QED) is 0.108. The molecule has 196 valence electrons. The van der Waals surface area contributed by atoms with Gasteiger partial charge >= 0.3 is 17.8 Å². The summed E-state index contributed by atoms with van der Waals surface area (Å²) in [5, 5.41) is 17.2. The Balaban J connectivity index is 1.63. The van der Waals surface area contributed by atoms with E-state index in [-0.39, 0.29) is 22.7 Å². The van der Waals surface area contributed by atoms with Gasteiger partial charge in [-0.2, -0.15) is 5.10 Å². The maximum absolute atomic E-state index is 12.4. The van der Waals surface area contributed by atoms with Gasteiger partial charge in [0.15, 0.2) is 11.5 Å². The van der Waals surface area contributed by atoms with Crippen molar-refractivity contribution in [3.05, 3.63) is 88.0 Å². The molecule has 2 N–H and O–H groups in total. The molecule has 3 aromatic carbocycles. The molecule has 0 bridgehead atoms. The Labute approximate surface area is 217 Å². The summed E-state index contributed by atoms with van der Waals surface area (Å²) in [6.07, 6.45) is 0. The van der Waals surface area contributed by atoms with Gasteiger partial charge in [0.1, 0.15) is 5.75 Å². The number of carbonyl (C=O) groups excluding carboxylic acids is 3. The molecule has 12 nitrogen and oxygen atoms in total. The van der Waals surface area contributed by atoms with Gasteiger partial charge in [-0.05, 0) is 68.4 Å². The average Bonchev–Trinajstić information content (AvgIpc) is 2.92. The van der Waals surface area contributed by atoms with Crippen molar-refractivity contribution in [2.45, 2.75) is 13.8 Å². The monoisotopic (exact) mass is 520 g/mol. The van der Waals surface area contributed by atoms with E-state index in [9.17, 15) is 24.5 Å². The first-order valence-electron chi connectivity index (χ1n) is 11.2. The number of hydrogen-bond donors (Lipinski definition) is 2. The molecular weight excluding hydrogens is 496 g/mol. The number of methoxy groups -OCH3 is 1. The second-order valence-corrected chi connectivity index (χ2v) is 7.61. The van der Waals surface area contributed by atoms with Crippen LogP contribution in [0.15, 0.2) is 71.8 Å². The molecule has 0 aliphatic carbocycles. The summed E-state index contributed by atoms with van der Waals surface area (Å²) < 4.78 is 16.0. The van der Waals surface area contributed by atoms with Crippen molar-refractivity contribution in [1.29, 1.82) is 0 Å². The molecular formula is C26H24N4O8. The van der Waals surface area contributed by atoms with Crippen LogP contribution in [0.5, 0.6) is 17.2 Å². The highest BCUT2D eigenvalue weighted by Crippen LogP contribution is 2.29. The maximum Gasteiger partial charge on any atom is 0.343 e. The molecule has 0 atom stereocenters. The first kappa shape index (κ1) is 27.3. The first-order chi connectivity index (χ1) is 18.2. The van der Waals surface area contributed by atoms with Crippen LogP contribution in [0, 0.1) is 10.1 Å². The summed E-state index contributed by atoms with van der Waals surface area (Å²) in [6.45, 7) is 3.96. The van der Waals surface area contributed by atoms with Crippen LogP contribution in [0.25, 0.3) is 0 Å².